The average Bonchev–Trinajstić information content (AvgIpc) is 2.87. The van der Waals surface area contributed by atoms with E-state index in [-0.39, 0.29) is 5.54 Å². The lowest BCUT2D eigenvalue weighted by Gasteiger charge is -2.33. The lowest BCUT2D eigenvalue weighted by molar-refractivity contribution is 0.195. The minimum absolute atomic E-state index is 0.216. The Morgan fingerprint density at radius 1 is 1.26 bits per heavy atom. The largest absolute Gasteiger partial charge is 0.303 e. The van der Waals surface area contributed by atoms with E-state index in [0.29, 0.717) is 5.92 Å². The summed E-state index contributed by atoms with van der Waals surface area (Å²) in [5.74, 6) is 0.561. The predicted octanol–water partition coefficient (Wildman–Crippen LogP) is 2.92. The second kappa shape index (κ2) is 7.26. The van der Waals surface area contributed by atoms with E-state index in [0.717, 1.165) is 19.4 Å². The van der Waals surface area contributed by atoms with Crippen LogP contribution in [0.15, 0.2) is 0 Å². The normalized spacial score (nSPS) is 32.3. The van der Waals surface area contributed by atoms with Crippen molar-refractivity contribution in [2.24, 2.45) is 5.92 Å². The van der Waals surface area contributed by atoms with Crippen LogP contribution >= 0.6 is 0 Å². The van der Waals surface area contributed by atoms with Gasteiger partial charge in [-0.1, -0.05) is 19.8 Å². The van der Waals surface area contributed by atoms with Crippen molar-refractivity contribution in [2.45, 2.75) is 63.8 Å². The van der Waals surface area contributed by atoms with Crippen LogP contribution in [0.2, 0.25) is 0 Å². The molecule has 0 radical (unpaired) electrons. The molecule has 2 atom stereocenters. The van der Waals surface area contributed by atoms with Gasteiger partial charge in [-0.15, -0.1) is 0 Å². The molecule has 1 heterocycles. The van der Waals surface area contributed by atoms with Crippen LogP contribution in [0.25, 0.3) is 0 Å². The number of hydrogen-bond donors (Lipinski definition) is 1. The first-order chi connectivity index (χ1) is 9.30. The zero-order chi connectivity index (χ0) is 13.6. The fourth-order valence-electron chi connectivity index (χ4n) is 3.76. The highest BCUT2D eigenvalue weighted by molar-refractivity contribution is 5.14. The van der Waals surface area contributed by atoms with Gasteiger partial charge in [-0.2, -0.15) is 5.26 Å². The summed E-state index contributed by atoms with van der Waals surface area (Å²) in [5, 5.41) is 13.2. The number of rotatable bonds is 6. The number of nitriles is 1. The topological polar surface area (TPSA) is 39.1 Å². The molecule has 0 aromatic carbocycles. The molecule has 1 aliphatic carbocycles. The Labute approximate surface area is 118 Å². The first-order valence-corrected chi connectivity index (χ1v) is 8.19. The van der Waals surface area contributed by atoms with Crippen LogP contribution in [0.4, 0.5) is 0 Å². The van der Waals surface area contributed by atoms with Crippen molar-refractivity contribution in [3.63, 3.8) is 0 Å². The molecule has 2 fully saturated rings. The van der Waals surface area contributed by atoms with Gasteiger partial charge in [0, 0.05) is 0 Å². The molecule has 3 nitrogen and oxygen atoms in total. The summed E-state index contributed by atoms with van der Waals surface area (Å²) < 4.78 is 0. The molecule has 1 saturated carbocycles. The average molecular weight is 263 g/mol. The molecule has 2 unspecified atom stereocenters. The van der Waals surface area contributed by atoms with Crippen LogP contribution in [-0.4, -0.2) is 36.6 Å². The number of hydrogen-bond acceptors (Lipinski definition) is 3. The molecular formula is C16H29N3. The molecule has 108 valence electrons. The number of piperidine rings is 1. The molecule has 0 spiro atoms. The van der Waals surface area contributed by atoms with Crippen molar-refractivity contribution in [2.75, 3.05) is 26.2 Å². The zero-order valence-electron chi connectivity index (χ0n) is 12.5. The molecule has 0 aromatic heterocycles. The quantitative estimate of drug-likeness (QED) is 0.801. The van der Waals surface area contributed by atoms with Crippen molar-refractivity contribution >= 4 is 0 Å². The Kier molecular flexibility index (Phi) is 5.66. The maximum atomic E-state index is 9.62. The summed E-state index contributed by atoms with van der Waals surface area (Å²) in [6.07, 6.45) is 9.94. The number of nitrogens with zero attached hydrogens (tertiary/aromatic N) is 2. The lowest BCUT2D eigenvalue weighted by atomic mass is 9.85. The van der Waals surface area contributed by atoms with E-state index in [1.807, 2.05) is 0 Å². The molecular weight excluding hydrogens is 234 g/mol. The molecule has 1 saturated heterocycles. The van der Waals surface area contributed by atoms with Crippen LogP contribution in [0.1, 0.15) is 58.3 Å². The van der Waals surface area contributed by atoms with Crippen molar-refractivity contribution in [3.05, 3.63) is 0 Å². The molecule has 0 amide bonds. The van der Waals surface area contributed by atoms with Gasteiger partial charge in [0.2, 0.25) is 0 Å². The van der Waals surface area contributed by atoms with Crippen LogP contribution in [0, 0.1) is 17.2 Å². The number of nitrogens with one attached hydrogen (secondary N) is 1. The fraction of sp³-hybridized carbons (Fsp3) is 0.938. The molecule has 1 aliphatic heterocycles. The first kappa shape index (κ1) is 14.8. The van der Waals surface area contributed by atoms with Gasteiger partial charge in [-0.05, 0) is 70.6 Å². The highest BCUT2D eigenvalue weighted by Crippen LogP contribution is 2.37. The lowest BCUT2D eigenvalue weighted by Crippen LogP contribution is -2.48. The smallest absolute Gasteiger partial charge is 0.109 e. The maximum Gasteiger partial charge on any atom is 0.109 e. The summed E-state index contributed by atoms with van der Waals surface area (Å²) in [6.45, 7) is 6.90. The summed E-state index contributed by atoms with van der Waals surface area (Å²) in [6, 6.07) is 2.62. The van der Waals surface area contributed by atoms with Gasteiger partial charge < -0.3 is 4.90 Å². The van der Waals surface area contributed by atoms with Gasteiger partial charge in [-0.25, -0.2) is 0 Å². The Morgan fingerprint density at radius 2 is 2.05 bits per heavy atom. The third-order valence-corrected chi connectivity index (χ3v) is 4.95. The monoisotopic (exact) mass is 263 g/mol. The molecule has 3 heteroatoms. The summed E-state index contributed by atoms with van der Waals surface area (Å²) in [5.41, 5.74) is -0.216. The van der Waals surface area contributed by atoms with Gasteiger partial charge in [0.15, 0.2) is 0 Å². The Hall–Kier alpha value is -0.590. The summed E-state index contributed by atoms with van der Waals surface area (Å²) >= 11 is 0. The van der Waals surface area contributed by atoms with Crippen LogP contribution < -0.4 is 5.32 Å². The van der Waals surface area contributed by atoms with E-state index in [1.165, 1.54) is 58.2 Å². The molecule has 1 N–H and O–H groups in total. The van der Waals surface area contributed by atoms with Gasteiger partial charge in [0.1, 0.15) is 5.54 Å². The van der Waals surface area contributed by atoms with Gasteiger partial charge in [0.05, 0.1) is 6.07 Å². The fourth-order valence-corrected chi connectivity index (χ4v) is 3.76. The summed E-state index contributed by atoms with van der Waals surface area (Å²) in [4.78, 5) is 2.60. The van der Waals surface area contributed by atoms with E-state index in [2.05, 4.69) is 23.2 Å². The SMILES string of the molecule is CCCNC1(C#N)CCCC1CCN1CCCCC1. The molecule has 2 rings (SSSR count). The molecule has 0 bridgehead atoms. The van der Waals surface area contributed by atoms with E-state index >= 15 is 0 Å². The van der Waals surface area contributed by atoms with Crippen LogP contribution in [-0.2, 0) is 0 Å². The number of likely N-dealkylation sites (tertiary alicyclic amines) is 1. The highest BCUT2D eigenvalue weighted by Gasteiger charge is 2.42. The Morgan fingerprint density at radius 3 is 2.74 bits per heavy atom. The second-order valence-electron chi connectivity index (χ2n) is 6.29. The molecule has 2 aliphatic rings. The molecule has 0 aromatic rings. The predicted molar refractivity (Wildman–Crippen MR) is 78.9 cm³/mol. The van der Waals surface area contributed by atoms with E-state index in [1.54, 1.807) is 0 Å². The maximum absolute atomic E-state index is 9.62. The third-order valence-electron chi connectivity index (χ3n) is 4.95. The van der Waals surface area contributed by atoms with Crippen molar-refractivity contribution in [3.8, 4) is 6.07 Å². The van der Waals surface area contributed by atoms with Crippen molar-refractivity contribution < 1.29 is 0 Å². The van der Waals surface area contributed by atoms with Crippen LogP contribution in [0.3, 0.4) is 0 Å². The Balaban J connectivity index is 1.84. The van der Waals surface area contributed by atoms with E-state index < -0.39 is 0 Å². The van der Waals surface area contributed by atoms with Gasteiger partial charge in [-0.3, -0.25) is 5.32 Å². The highest BCUT2D eigenvalue weighted by atomic mass is 15.1. The second-order valence-corrected chi connectivity index (χ2v) is 6.29. The first-order valence-electron chi connectivity index (χ1n) is 8.19. The Bertz CT molecular complexity index is 304. The van der Waals surface area contributed by atoms with Crippen molar-refractivity contribution in [1.82, 2.24) is 10.2 Å². The van der Waals surface area contributed by atoms with Gasteiger partial charge in [0.25, 0.3) is 0 Å². The minimum atomic E-state index is -0.216. The standard InChI is InChI=1S/C16H29N3/c1-2-10-18-16(14-17)9-6-7-15(16)8-13-19-11-4-3-5-12-19/h15,18H,2-13H2,1H3. The molecule has 19 heavy (non-hydrogen) atoms. The van der Waals surface area contributed by atoms with E-state index in [9.17, 15) is 5.26 Å². The van der Waals surface area contributed by atoms with Crippen LogP contribution in [0.5, 0.6) is 0 Å². The zero-order valence-corrected chi connectivity index (χ0v) is 12.5. The minimum Gasteiger partial charge on any atom is -0.303 e. The third kappa shape index (κ3) is 3.70. The van der Waals surface area contributed by atoms with E-state index in [4.69, 9.17) is 0 Å². The van der Waals surface area contributed by atoms with Gasteiger partial charge >= 0.3 is 0 Å². The summed E-state index contributed by atoms with van der Waals surface area (Å²) in [7, 11) is 0. The van der Waals surface area contributed by atoms with Crippen molar-refractivity contribution in [1.29, 1.82) is 5.26 Å².